The first-order chi connectivity index (χ1) is 8.65. The van der Waals surface area contributed by atoms with Crippen LogP contribution in [0.2, 0.25) is 0 Å². The molecule has 18 heavy (non-hydrogen) atoms. The summed E-state index contributed by atoms with van der Waals surface area (Å²) in [7, 11) is 0. The summed E-state index contributed by atoms with van der Waals surface area (Å²) in [4.78, 5) is 13.9. The van der Waals surface area contributed by atoms with Crippen LogP contribution in [0, 0.1) is 5.82 Å². The molecular weight excluding hydrogens is 231 g/mol. The molecule has 1 amide bonds. The molecule has 4 heteroatoms. The van der Waals surface area contributed by atoms with Gasteiger partial charge in [0.2, 0.25) is 5.91 Å². The van der Waals surface area contributed by atoms with Crippen molar-refractivity contribution in [1.82, 2.24) is 4.90 Å². The van der Waals surface area contributed by atoms with Crippen molar-refractivity contribution < 1.29 is 9.18 Å². The molecule has 1 aromatic rings. The van der Waals surface area contributed by atoms with Crippen LogP contribution in [0.1, 0.15) is 19.8 Å². The first kappa shape index (κ1) is 12.6. The van der Waals surface area contributed by atoms with Crippen molar-refractivity contribution in [3.8, 4) is 0 Å². The molecule has 1 fully saturated rings. The minimum absolute atomic E-state index is 0.218. The summed E-state index contributed by atoms with van der Waals surface area (Å²) in [6.07, 6.45) is 3.92. The van der Waals surface area contributed by atoms with E-state index in [1.54, 1.807) is 18.2 Å². The summed E-state index contributed by atoms with van der Waals surface area (Å²) < 4.78 is 13.0. The molecule has 96 valence electrons. The van der Waals surface area contributed by atoms with Gasteiger partial charge in [0.15, 0.2) is 0 Å². The van der Waals surface area contributed by atoms with Crippen LogP contribution in [0.15, 0.2) is 36.0 Å². The number of hydrogen-bond acceptors (Lipinski definition) is 2. The number of carbonyl (C=O) groups is 1. The van der Waals surface area contributed by atoms with Crippen molar-refractivity contribution in [1.29, 1.82) is 0 Å². The van der Waals surface area contributed by atoms with Crippen molar-refractivity contribution >= 4 is 11.6 Å². The van der Waals surface area contributed by atoms with E-state index in [-0.39, 0.29) is 11.7 Å². The van der Waals surface area contributed by atoms with Gasteiger partial charge in [0.1, 0.15) is 5.82 Å². The molecule has 1 aliphatic rings. The van der Waals surface area contributed by atoms with E-state index in [2.05, 4.69) is 10.2 Å². The molecule has 1 aromatic carbocycles. The minimum Gasteiger partial charge on any atom is -0.375 e. The lowest BCUT2D eigenvalue weighted by Crippen LogP contribution is -2.19. The van der Waals surface area contributed by atoms with Crippen LogP contribution in [-0.4, -0.2) is 23.9 Å². The second kappa shape index (κ2) is 5.67. The van der Waals surface area contributed by atoms with Crippen LogP contribution >= 0.6 is 0 Å². The van der Waals surface area contributed by atoms with Crippen molar-refractivity contribution in [2.24, 2.45) is 0 Å². The first-order valence-electron chi connectivity index (χ1n) is 6.15. The number of anilines is 1. The Bertz CT molecular complexity index is 465. The zero-order valence-electron chi connectivity index (χ0n) is 10.4. The van der Waals surface area contributed by atoms with Gasteiger partial charge in [-0.3, -0.25) is 4.79 Å². The Labute approximate surface area is 106 Å². The molecule has 1 saturated heterocycles. The summed E-state index contributed by atoms with van der Waals surface area (Å²) >= 11 is 0. The van der Waals surface area contributed by atoms with Gasteiger partial charge in [-0.2, -0.15) is 0 Å². The number of amides is 1. The minimum atomic E-state index is -0.354. The Hall–Kier alpha value is -1.84. The summed E-state index contributed by atoms with van der Waals surface area (Å²) in [6, 6.07) is 5.89. The van der Waals surface area contributed by atoms with E-state index in [9.17, 15) is 9.18 Å². The van der Waals surface area contributed by atoms with E-state index in [1.165, 1.54) is 25.0 Å². The van der Waals surface area contributed by atoms with E-state index in [1.807, 2.05) is 6.92 Å². The molecule has 0 spiro atoms. The predicted molar refractivity (Wildman–Crippen MR) is 69.6 cm³/mol. The van der Waals surface area contributed by atoms with Gasteiger partial charge in [-0.15, -0.1) is 0 Å². The van der Waals surface area contributed by atoms with E-state index < -0.39 is 0 Å². The van der Waals surface area contributed by atoms with E-state index in [0.717, 1.165) is 18.8 Å². The van der Waals surface area contributed by atoms with Gasteiger partial charge in [0.25, 0.3) is 0 Å². The lowest BCUT2D eigenvalue weighted by molar-refractivity contribution is -0.112. The number of benzene rings is 1. The van der Waals surface area contributed by atoms with Crippen LogP contribution in [0.5, 0.6) is 0 Å². The zero-order chi connectivity index (χ0) is 13.0. The number of likely N-dealkylation sites (tertiary alicyclic amines) is 1. The van der Waals surface area contributed by atoms with Crippen LogP contribution in [0.3, 0.4) is 0 Å². The van der Waals surface area contributed by atoms with Crippen molar-refractivity contribution in [2.75, 3.05) is 18.4 Å². The number of halogens is 1. The Morgan fingerprint density at radius 1 is 1.39 bits per heavy atom. The zero-order valence-corrected chi connectivity index (χ0v) is 10.4. The van der Waals surface area contributed by atoms with Crippen molar-refractivity contribution in [3.63, 3.8) is 0 Å². The third-order valence-electron chi connectivity index (χ3n) is 3.04. The number of hydrogen-bond donors (Lipinski definition) is 1. The molecule has 2 rings (SSSR count). The van der Waals surface area contributed by atoms with Gasteiger partial charge in [0.05, 0.1) is 0 Å². The van der Waals surface area contributed by atoms with Crippen LogP contribution in [-0.2, 0) is 4.79 Å². The highest BCUT2D eigenvalue weighted by molar-refractivity contribution is 5.99. The maximum Gasteiger partial charge on any atom is 0.250 e. The fraction of sp³-hybridized carbons (Fsp3) is 0.357. The molecule has 0 unspecified atom stereocenters. The van der Waals surface area contributed by atoms with E-state index >= 15 is 0 Å². The lowest BCUT2D eigenvalue weighted by atomic mass is 10.3. The molecule has 0 bridgehead atoms. The van der Waals surface area contributed by atoms with Gasteiger partial charge >= 0.3 is 0 Å². The highest BCUT2D eigenvalue weighted by Gasteiger charge is 2.12. The average Bonchev–Trinajstić information content (AvgIpc) is 2.81. The number of carbonyl (C=O) groups excluding carboxylic acids is 1. The second-order valence-electron chi connectivity index (χ2n) is 4.48. The topological polar surface area (TPSA) is 32.3 Å². The van der Waals surface area contributed by atoms with Gasteiger partial charge in [0, 0.05) is 30.5 Å². The predicted octanol–water partition coefficient (Wildman–Crippen LogP) is 2.76. The van der Waals surface area contributed by atoms with Gasteiger partial charge in [-0.25, -0.2) is 4.39 Å². The summed E-state index contributed by atoms with van der Waals surface area (Å²) in [5, 5.41) is 2.66. The SMILES string of the molecule is C/C(=C\C(=O)Nc1cccc(F)c1)N1CCCC1. The molecule has 3 nitrogen and oxygen atoms in total. The molecule has 0 aliphatic carbocycles. The smallest absolute Gasteiger partial charge is 0.250 e. The first-order valence-corrected chi connectivity index (χ1v) is 6.15. The number of nitrogens with one attached hydrogen (secondary N) is 1. The molecule has 0 radical (unpaired) electrons. The Kier molecular flexibility index (Phi) is 3.97. The van der Waals surface area contributed by atoms with Gasteiger partial charge < -0.3 is 10.2 Å². The Morgan fingerprint density at radius 2 is 2.11 bits per heavy atom. The van der Waals surface area contributed by atoms with E-state index in [4.69, 9.17) is 0 Å². The monoisotopic (exact) mass is 248 g/mol. The quantitative estimate of drug-likeness (QED) is 0.834. The third-order valence-corrected chi connectivity index (χ3v) is 3.04. The van der Waals surface area contributed by atoms with Gasteiger partial charge in [-0.05, 0) is 38.0 Å². The lowest BCUT2D eigenvalue weighted by Gasteiger charge is -2.17. The Morgan fingerprint density at radius 3 is 2.78 bits per heavy atom. The highest BCUT2D eigenvalue weighted by Crippen LogP contribution is 2.14. The largest absolute Gasteiger partial charge is 0.375 e. The average molecular weight is 248 g/mol. The van der Waals surface area contributed by atoms with E-state index in [0.29, 0.717) is 5.69 Å². The second-order valence-corrected chi connectivity index (χ2v) is 4.48. The molecule has 0 atom stereocenters. The normalized spacial score (nSPS) is 15.9. The van der Waals surface area contributed by atoms with Crippen molar-refractivity contribution in [2.45, 2.75) is 19.8 Å². The summed E-state index contributed by atoms with van der Waals surface area (Å²) in [6.45, 7) is 3.95. The molecule has 1 heterocycles. The number of nitrogens with zero attached hydrogens (tertiary/aromatic N) is 1. The molecule has 0 aromatic heterocycles. The molecule has 1 aliphatic heterocycles. The molecular formula is C14H17FN2O. The fourth-order valence-corrected chi connectivity index (χ4v) is 2.10. The van der Waals surface area contributed by atoms with Crippen LogP contribution in [0.25, 0.3) is 0 Å². The third kappa shape index (κ3) is 3.32. The Balaban J connectivity index is 1.97. The number of rotatable bonds is 3. The fourth-order valence-electron chi connectivity index (χ4n) is 2.10. The maximum absolute atomic E-state index is 13.0. The summed E-state index contributed by atoms with van der Waals surface area (Å²) in [5.74, 6) is -0.571. The summed E-state index contributed by atoms with van der Waals surface area (Å²) in [5.41, 5.74) is 1.44. The molecule has 1 N–H and O–H groups in total. The van der Waals surface area contributed by atoms with Crippen LogP contribution < -0.4 is 5.32 Å². The van der Waals surface area contributed by atoms with Crippen molar-refractivity contribution in [3.05, 3.63) is 41.9 Å². The molecule has 0 saturated carbocycles. The van der Waals surface area contributed by atoms with Gasteiger partial charge in [-0.1, -0.05) is 6.07 Å². The maximum atomic E-state index is 13.0. The van der Waals surface area contributed by atoms with Crippen LogP contribution in [0.4, 0.5) is 10.1 Å². The standard InChI is InChI=1S/C14H17FN2O/c1-11(17-7-2-3-8-17)9-14(18)16-13-6-4-5-12(15)10-13/h4-6,9-10H,2-3,7-8H2,1H3,(H,16,18)/b11-9+. The number of allylic oxidation sites excluding steroid dienone is 1. The highest BCUT2D eigenvalue weighted by atomic mass is 19.1.